The largest absolute Gasteiger partial charge is 0.370 e. The zero-order chi connectivity index (χ0) is 15.0. The minimum Gasteiger partial charge on any atom is -0.370 e. The van der Waals surface area contributed by atoms with Gasteiger partial charge in [-0.15, -0.1) is 0 Å². The molecule has 112 valence electrons. The van der Waals surface area contributed by atoms with Crippen molar-refractivity contribution in [1.29, 1.82) is 0 Å². The summed E-state index contributed by atoms with van der Waals surface area (Å²) < 4.78 is 2.07. The fourth-order valence-corrected chi connectivity index (χ4v) is 3.25. The van der Waals surface area contributed by atoms with Crippen LogP contribution in [0.25, 0.3) is 5.69 Å². The van der Waals surface area contributed by atoms with Crippen LogP contribution in [0.5, 0.6) is 0 Å². The average molecular weight is 304 g/mol. The van der Waals surface area contributed by atoms with Gasteiger partial charge >= 0.3 is 0 Å². The van der Waals surface area contributed by atoms with Crippen molar-refractivity contribution in [2.75, 3.05) is 11.9 Å². The molecule has 3 nitrogen and oxygen atoms in total. The number of rotatable bonds is 2. The first-order valence-electron chi connectivity index (χ1n) is 7.70. The number of hydrogen-bond donors (Lipinski definition) is 1. The molecule has 1 aliphatic rings. The van der Waals surface area contributed by atoms with Crippen LogP contribution in [0.4, 0.5) is 5.82 Å². The number of hydrogen-bond acceptors (Lipinski definition) is 2. The van der Waals surface area contributed by atoms with E-state index in [9.17, 15) is 0 Å². The molecule has 0 aliphatic carbocycles. The van der Waals surface area contributed by atoms with Crippen LogP contribution in [0.15, 0.2) is 18.2 Å². The first-order valence-corrected chi connectivity index (χ1v) is 8.08. The number of nitrogens with one attached hydrogen (secondary N) is 1. The molecular formula is C17H22ClN3. The fraction of sp³-hybridized carbons (Fsp3) is 0.471. The van der Waals surface area contributed by atoms with E-state index in [2.05, 4.69) is 36.8 Å². The van der Waals surface area contributed by atoms with Gasteiger partial charge in [0.1, 0.15) is 5.82 Å². The molecule has 0 bridgehead atoms. The number of nitrogens with zero attached hydrogens (tertiary/aromatic N) is 2. The molecule has 21 heavy (non-hydrogen) atoms. The van der Waals surface area contributed by atoms with Gasteiger partial charge in [0, 0.05) is 17.1 Å². The number of aromatic nitrogens is 2. The first-order chi connectivity index (χ1) is 10.1. The van der Waals surface area contributed by atoms with Crippen LogP contribution in [-0.4, -0.2) is 16.3 Å². The maximum atomic E-state index is 6.08. The SMILES string of the molecule is Cc1cc(Cl)ccc1-n1nc(C(C)C)c2c1NCCCC2. The predicted octanol–water partition coefficient (Wildman–Crippen LogP) is 4.71. The zero-order valence-electron chi connectivity index (χ0n) is 12.9. The lowest BCUT2D eigenvalue weighted by Crippen LogP contribution is -2.08. The Balaban J connectivity index is 2.18. The van der Waals surface area contributed by atoms with Gasteiger partial charge in [-0.25, -0.2) is 4.68 Å². The summed E-state index contributed by atoms with van der Waals surface area (Å²) in [5, 5.41) is 9.25. The number of benzene rings is 1. The van der Waals surface area contributed by atoms with E-state index in [1.807, 2.05) is 12.1 Å². The molecule has 1 N–H and O–H groups in total. The van der Waals surface area contributed by atoms with E-state index in [0.717, 1.165) is 29.2 Å². The normalized spacial score (nSPS) is 14.7. The summed E-state index contributed by atoms with van der Waals surface area (Å²) in [6.45, 7) is 7.53. The summed E-state index contributed by atoms with van der Waals surface area (Å²) >= 11 is 6.08. The van der Waals surface area contributed by atoms with Gasteiger partial charge in [-0.3, -0.25) is 0 Å². The van der Waals surface area contributed by atoms with E-state index in [4.69, 9.17) is 16.7 Å². The van der Waals surface area contributed by atoms with Crippen molar-refractivity contribution in [2.45, 2.75) is 46.0 Å². The molecule has 0 atom stereocenters. The number of fused-ring (bicyclic) bond motifs is 1. The van der Waals surface area contributed by atoms with Crippen LogP contribution in [0, 0.1) is 6.92 Å². The summed E-state index contributed by atoms with van der Waals surface area (Å²) in [6.07, 6.45) is 3.55. The van der Waals surface area contributed by atoms with E-state index < -0.39 is 0 Å². The average Bonchev–Trinajstić information content (AvgIpc) is 2.63. The zero-order valence-corrected chi connectivity index (χ0v) is 13.7. The summed E-state index contributed by atoms with van der Waals surface area (Å²) in [5.41, 5.74) is 4.86. The molecule has 0 fully saturated rings. The Labute approximate surface area is 131 Å². The van der Waals surface area contributed by atoms with E-state index in [1.165, 1.54) is 29.9 Å². The van der Waals surface area contributed by atoms with Crippen LogP contribution in [0.1, 0.15) is 49.4 Å². The van der Waals surface area contributed by atoms with E-state index >= 15 is 0 Å². The molecule has 1 aromatic heterocycles. The maximum absolute atomic E-state index is 6.08. The molecule has 1 aliphatic heterocycles. The van der Waals surface area contributed by atoms with Crippen molar-refractivity contribution in [3.8, 4) is 5.69 Å². The first kappa shape index (κ1) is 14.5. The second-order valence-electron chi connectivity index (χ2n) is 6.09. The Kier molecular flexibility index (Phi) is 3.94. The van der Waals surface area contributed by atoms with Gasteiger partial charge in [-0.05, 0) is 55.9 Å². The van der Waals surface area contributed by atoms with Crippen molar-refractivity contribution in [3.63, 3.8) is 0 Å². The standard InChI is InChI=1S/C17H22ClN3/c1-11(2)16-14-6-4-5-9-19-17(14)21(20-16)15-8-7-13(18)10-12(15)3/h7-8,10-11,19H,4-6,9H2,1-3H3. The predicted molar refractivity (Wildman–Crippen MR) is 88.8 cm³/mol. The fourth-order valence-electron chi connectivity index (χ4n) is 3.02. The number of anilines is 1. The molecule has 0 radical (unpaired) electrons. The minimum atomic E-state index is 0.438. The van der Waals surface area contributed by atoms with E-state index in [-0.39, 0.29) is 0 Å². The maximum Gasteiger partial charge on any atom is 0.133 e. The van der Waals surface area contributed by atoms with Gasteiger partial charge < -0.3 is 5.32 Å². The Bertz CT molecular complexity index is 658. The summed E-state index contributed by atoms with van der Waals surface area (Å²) in [6, 6.07) is 5.99. The highest BCUT2D eigenvalue weighted by molar-refractivity contribution is 6.30. The van der Waals surface area contributed by atoms with Gasteiger partial charge in [0.25, 0.3) is 0 Å². The molecule has 3 rings (SSSR count). The third-order valence-corrected chi connectivity index (χ3v) is 4.33. The molecule has 2 aromatic rings. The summed E-state index contributed by atoms with van der Waals surface area (Å²) in [5.74, 6) is 1.61. The second kappa shape index (κ2) is 5.72. The van der Waals surface area contributed by atoms with Gasteiger partial charge in [-0.1, -0.05) is 25.4 Å². The molecular weight excluding hydrogens is 282 g/mol. The highest BCUT2D eigenvalue weighted by atomic mass is 35.5. The van der Waals surface area contributed by atoms with Gasteiger partial charge in [0.2, 0.25) is 0 Å². The quantitative estimate of drug-likeness (QED) is 0.871. The summed E-state index contributed by atoms with van der Waals surface area (Å²) in [4.78, 5) is 0. The highest BCUT2D eigenvalue weighted by Crippen LogP contribution is 2.32. The Morgan fingerprint density at radius 2 is 2.10 bits per heavy atom. The Morgan fingerprint density at radius 1 is 1.29 bits per heavy atom. The second-order valence-corrected chi connectivity index (χ2v) is 6.53. The smallest absolute Gasteiger partial charge is 0.133 e. The van der Waals surface area contributed by atoms with Crippen molar-refractivity contribution in [3.05, 3.63) is 40.0 Å². The molecule has 0 amide bonds. The lowest BCUT2D eigenvalue weighted by Gasteiger charge is -2.11. The third-order valence-electron chi connectivity index (χ3n) is 4.09. The lowest BCUT2D eigenvalue weighted by molar-refractivity contribution is 0.730. The van der Waals surface area contributed by atoms with Gasteiger partial charge in [-0.2, -0.15) is 5.10 Å². The lowest BCUT2D eigenvalue weighted by atomic mass is 10.0. The van der Waals surface area contributed by atoms with Crippen LogP contribution in [-0.2, 0) is 6.42 Å². The van der Waals surface area contributed by atoms with Crippen molar-refractivity contribution in [1.82, 2.24) is 9.78 Å². The van der Waals surface area contributed by atoms with Crippen LogP contribution < -0.4 is 5.32 Å². The third kappa shape index (κ3) is 2.67. The highest BCUT2D eigenvalue weighted by Gasteiger charge is 2.22. The number of aryl methyl sites for hydroxylation is 1. The monoisotopic (exact) mass is 303 g/mol. The van der Waals surface area contributed by atoms with E-state index in [0.29, 0.717) is 5.92 Å². The molecule has 0 saturated heterocycles. The molecule has 0 unspecified atom stereocenters. The minimum absolute atomic E-state index is 0.438. The molecule has 0 spiro atoms. The molecule has 0 saturated carbocycles. The molecule has 1 aromatic carbocycles. The van der Waals surface area contributed by atoms with Crippen LogP contribution in [0.2, 0.25) is 5.02 Å². The van der Waals surface area contributed by atoms with Crippen LogP contribution in [0.3, 0.4) is 0 Å². The summed E-state index contributed by atoms with van der Waals surface area (Å²) in [7, 11) is 0. The molecule has 2 heterocycles. The topological polar surface area (TPSA) is 29.9 Å². The molecule has 4 heteroatoms. The Hall–Kier alpha value is -1.48. The van der Waals surface area contributed by atoms with Gasteiger partial charge in [0.15, 0.2) is 0 Å². The van der Waals surface area contributed by atoms with Gasteiger partial charge in [0.05, 0.1) is 11.4 Å². The van der Waals surface area contributed by atoms with Crippen molar-refractivity contribution in [2.24, 2.45) is 0 Å². The van der Waals surface area contributed by atoms with Crippen molar-refractivity contribution >= 4 is 17.4 Å². The van der Waals surface area contributed by atoms with Crippen LogP contribution >= 0.6 is 11.6 Å². The Morgan fingerprint density at radius 3 is 2.81 bits per heavy atom. The number of halogens is 1. The van der Waals surface area contributed by atoms with E-state index in [1.54, 1.807) is 0 Å². The van der Waals surface area contributed by atoms with Crippen molar-refractivity contribution < 1.29 is 0 Å².